The third-order valence-electron chi connectivity index (χ3n) is 3.85. The molecule has 0 radical (unpaired) electrons. The first-order chi connectivity index (χ1) is 13.8. The van der Waals surface area contributed by atoms with E-state index >= 15 is 0 Å². The van der Waals surface area contributed by atoms with Crippen LogP contribution in [0.2, 0.25) is 5.02 Å². The molecule has 3 aromatic carbocycles. The van der Waals surface area contributed by atoms with Crippen LogP contribution in [0.1, 0.15) is 20.7 Å². The van der Waals surface area contributed by atoms with Crippen molar-refractivity contribution in [2.45, 2.75) is 4.90 Å². The van der Waals surface area contributed by atoms with Gasteiger partial charge in [0.2, 0.25) is 0 Å². The minimum Gasteiger partial charge on any atom is -0.280 e. The molecule has 9 heteroatoms. The van der Waals surface area contributed by atoms with Gasteiger partial charge in [0, 0.05) is 21.8 Å². The highest BCUT2D eigenvalue weighted by Crippen LogP contribution is 2.18. The molecule has 7 nitrogen and oxygen atoms in total. The van der Waals surface area contributed by atoms with Gasteiger partial charge in [0.15, 0.2) is 0 Å². The maximum atomic E-state index is 12.4. The van der Waals surface area contributed by atoms with Gasteiger partial charge in [0.1, 0.15) is 0 Å². The van der Waals surface area contributed by atoms with E-state index in [0.717, 1.165) is 0 Å². The highest BCUT2D eigenvalue weighted by atomic mass is 35.5. The first-order valence-electron chi connectivity index (χ1n) is 8.39. The van der Waals surface area contributed by atoms with E-state index in [4.69, 9.17) is 11.6 Å². The van der Waals surface area contributed by atoms with Crippen LogP contribution in [0.5, 0.6) is 0 Å². The van der Waals surface area contributed by atoms with E-state index in [2.05, 4.69) is 15.6 Å². The molecule has 0 aliphatic carbocycles. The van der Waals surface area contributed by atoms with Gasteiger partial charge in [0.05, 0.1) is 4.90 Å². The zero-order chi connectivity index (χ0) is 20.9. The lowest BCUT2D eigenvalue weighted by Crippen LogP contribution is -2.41. The predicted molar refractivity (Wildman–Crippen MR) is 110 cm³/mol. The zero-order valence-electron chi connectivity index (χ0n) is 14.9. The van der Waals surface area contributed by atoms with Crippen LogP contribution in [0, 0.1) is 0 Å². The SMILES string of the molecule is O=C(NNC(=O)c1ccc(S(=O)(=O)Nc2ccc(Cl)cc2)cc1)c1ccccc1. The first-order valence-corrected chi connectivity index (χ1v) is 10.3. The predicted octanol–water partition coefficient (Wildman–Crippen LogP) is 3.22. The lowest BCUT2D eigenvalue weighted by atomic mass is 10.2. The van der Waals surface area contributed by atoms with Crippen LogP contribution in [-0.2, 0) is 10.0 Å². The lowest BCUT2D eigenvalue weighted by molar-refractivity contribution is 0.0846. The van der Waals surface area contributed by atoms with Crippen molar-refractivity contribution in [3.63, 3.8) is 0 Å². The number of amides is 2. The highest BCUT2D eigenvalue weighted by molar-refractivity contribution is 7.92. The number of hydrogen-bond acceptors (Lipinski definition) is 4. The summed E-state index contributed by atoms with van der Waals surface area (Å²) >= 11 is 5.79. The van der Waals surface area contributed by atoms with Gasteiger partial charge in [-0.15, -0.1) is 0 Å². The molecule has 3 rings (SSSR count). The molecule has 0 aliphatic rings. The Bertz CT molecular complexity index is 1120. The summed E-state index contributed by atoms with van der Waals surface area (Å²) < 4.78 is 27.3. The van der Waals surface area contributed by atoms with Crippen LogP contribution < -0.4 is 15.6 Å². The summed E-state index contributed by atoms with van der Waals surface area (Å²) in [5.41, 5.74) is 5.52. The van der Waals surface area contributed by atoms with Crippen molar-refractivity contribution in [3.8, 4) is 0 Å². The summed E-state index contributed by atoms with van der Waals surface area (Å²) in [6.07, 6.45) is 0. The molecular weight excluding hydrogens is 414 g/mol. The fourth-order valence-corrected chi connectivity index (χ4v) is 3.55. The van der Waals surface area contributed by atoms with Crippen molar-refractivity contribution in [3.05, 3.63) is 95.0 Å². The van der Waals surface area contributed by atoms with Crippen molar-refractivity contribution >= 4 is 39.1 Å². The van der Waals surface area contributed by atoms with Crippen molar-refractivity contribution in [1.29, 1.82) is 0 Å². The van der Waals surface area contributed by atoms with Crippen LogP contribution in [0.15, 0.2) is 83.8 Å². The number of halogens is 1. The summed E-state index contributed by atoms with van der Waals surface area (Å²) in [6.45, 7) is 0. The molecule has 0 aromatic heterocycles. The number of benzene rings is 3. The van der Waals surface area contributed by atoms with E-state index in [1.54, 1.807) is 42.5 Å². The van der Waals surface area contributed by atoms with E-state index in [9.17, 15) is 18.0 Å². The van der Waals surface area contributed by atoms with Crippen LogP contribution >= 0.6 is 11.6 Å². The number of hydrogen-bond donors (Lipinski definition) is 3. The molecule has 148 valence electrons. The number of nitrogens with one attached hydrogen (secondary N) is 3. The minimum atomic E-state index is -3.82. The summed E-state index contributed by atoms with van der Waals surface area (Å²) in [6, 6.07) is 19.9. The first kappa shape index (κ1) is 20.4. The molecule has 0 saturated heterocycles. The summed E-state index contributed by atoms with van der Waals surface area (Å²) in [4.78, 5) is 24.1. The quantitative estimate of drug-likeness (QED) is 0.541. The Morgan fingerprint density at radius 1 is 0.690 bits per heavy atom. The van der Waals surface area contributed by atoms with E-state index < -0.39 is 21.8 Å². The Balaban J connectivity index is 1.63. The van der Waals surface area contributed by atoms with Gasteiger partial charge in [-0.05, 0) is 60.7 Å². The fourth-order valence-electron chi connectivity index (χ4n) is 2.36. The second-order valence-electron chi connectivity index (χ2n) is 5.91. The van der Waals surface area contributed by atoms with Crippen LogP contribution in [0.25, 0.3) is 0 Å². The monoisotopic (exact) mass is 429 g/mol. The maximum Gasteiger partial charge on any atom is 0.269 e. The normalized spacial score (nSPS) is 10.8. The van der Waals surface area contributed by atoms with Crippen molar-refractivity contribution in [1.82, 2.24) is 10.9 Å². The Hall–Kier alpha value is -3.36. The second-order valence-corrected chi connectivity index (χ2v) is 8.03. The molecule has 2 amide bonds. The van der Waals surface area contributed by atoms with Crippen LogP contribution in [0.3, 0.4) is 0 Å². The molecule has 0 bridgehead atoms. The van der Waals surface area contributed by atoms with Gasteiger partial charge >= 0.3 is 0 Å². The molecule has 0 spiro atoms. The molecular formula is C20H16ClN3O4S. The van der Waals surface area contributed by atoms with Gasteiger partial charge in [-0.3, -0.25) is 25.2 Å². The minimum absolute atomic E-state index is 0.0164. The number of hydrazine groups is 1. The molecule has 0 atom stereocenters. The molecule has 29 heavy (non-hydrogen) atoms. The van der Waals surface area contributed by atoms with Crippen LogP contribution in [0.4, 0.5) is 5.69 Å². The largest absolute Gasteiger partial charge is 0.280 e. The Labute approximate surface area is 172 Å². The number of carbonyl (C=O) groups excluding carboxylic acids is 2. The standard InChI is InChI=1S/C20H16ClN3O4S/c21-16-8-10-17(11-9-16)24-29(27,28)18-12-6-15(7-13-18)20(26)23-22-19(25)14-4-2-1-3-5-14/h1-13,24H,(H,22,25)(H,23,26). The van der Waals surface area contributed by atoms with Crippen molar-refractivity contribution in [2.75, 3.05) is 4.72 Å². The summed E-state index contributed by atoms with van der Waals surface area (Å²) in [5, 5.41) is 0.489. The summed E-state index contributed by atoms with van der Waals surface area (Å²) in [5.74, 6) is -1.05. The number of rotatable bonds is 5. The van der Waals surface area contributed by atoms with Gasteiger partial charge < -0.3 is 0 Å². The van der Waals surface area contributed by atoms with E-state index in [1.165, 1.54) is 36.4 Å². The molecule has 3 aromatic rings. The van der Waals surface area contributed by atoms with E-state index in [1.807, 2.05) is 0 Å². The second kappa shape index (κ2) is 8.76. The Morgan fingerprint density at radius 3 is 1.76 bits per heavy atom. The number of sulfonamides is 1. The van der Waals surface area contributed by atoms with Crippen LogP contribution in [-0.4, -0.2) is 20.2 Å². The van der Waals surface area contributed by atoms with Gasteiger partial charge in [-0.25, -0.2) is 8.42 Å². The van der Waals surface area contributed by atoms with Crippen molar-refractivity contribution < 1.29 is 18.0 Å². The highest BCUT2D eigenvalue weighted by Gasteiger charge is 2.15. The third-order valence-corrected chi connectivity index (χ3v) is 5.50. The molecule has 0 saturated carbocycles. The Morgan fingerprint density at radius 2 is 1.21 bits per heavy atom. The Kier molecular flexibility index (Phi) is 6.16. The summed E-state index contributed by atoms with van der Waals surface area (Å²) in [7, 11) is -3.82. The van der Waals surface area contributed by atoms with Gasteiger partial charge in [-0.1, -0.05) is 29.8 Å². The zero-order valence-corrected chi connectivity index (χ0v) is 16.5. The molecule has 3 N–H and O–H groups in total. The third kappa shape index (κ3) is 5.34. The van der Waals surface area contributed by atoms with Crippen molar-refractivity contribution in [2.24, 2.45) is 0 Å². The van der Waals surface area contributed by atoms with E-state index in [0.29, 0.717) is 16.3 Å². The lowest BCUT2D eigenvalue weighted by Gasteiger charge is -2.10. The average Bonchev–Trinajstić information content (AvgIpc) is 2.74. The maximum absolute atomic E-state index is 12.4. The smallest absolute Gasteiger partial charge is 0.269 e. The molecule has 0 aliphatic heterocycles. The molecule has 0 fully saturated rings. The van der Waals surface area contributed by atoms with Gasteiger partial charge in [-0.2, -0.15) is 0 Å². The topological polar surface area (TPSA) is 104 Å². The average molecular weight is 430 g/mol. The van der Waals surface area contributed by atoms with Gasteiger partial charge in [0.25, 0.3) is 21.8 Å². The fraction of sp³-hybridized carbons (Fsp3) is 0. The van der Waals surface area contributed by atoms with E-state index in [-0.39, 0.29) is 10.5 Å². The number of anilines is 1. The molecule has 0 unspecified atom stereocenters. The number of carbonyl (C=O) groups is 2. The molecule has 0 heterocycles.